The van der Waals surface area contributed by atoms with Crippen LogP contribution >= 0.6 is 24.0 Å². The molecule has 0 saturated heterocycles. The molecule has 120 valence electrons. The molecule has 0 radical (unpaired) electrons. The van der Waals surface area contributed by atoms with E-state index in [1.165, 1.54) is 7.11 Å². The third-order valence-corrected chi connectivity index (χ3v) is 2.83. The lowest BCUT2D eigenvalue weighted by atomic mass is 10.1. The van der Waals surface area contributed by atoms with E-state index < -0.39 is 0 Å². The summed E-state index contributed by atoms with van der Waals surface area (Å²) in [5.41, 5.74) is 5.74. The molecule has 3 N–H and O–H groups in total. The molecular weight excluding hydrogens is 369 g/mol. The number of hydrogen-bond donors (Lipinski definition) is 2. The van der Waals surface area contributed by atoms with Gasteiger partial charge >= 0.3 is 5.97 Å². The van der Waals surface area contributed by atoms with Crippen molar-refractivity contribution in [2.45, 2.75) is 52.4 Å². The van der Waals surface area contributed by atoms with E-state index in [4.69, 9.17) is 5.73 Å². The summed E-state index contributed by atoms with van der Waals surface area (Å²) in [5, 5.41) is 3.11. The fraction of sp³-hybridized carbons (Fsp3) is 0.857. The molecule has 6 heteroatoms. The smallest absolute Gasteiger partial charge is 0.305 e. The van der Waals surface area contributed by atoms with Crippen molar-refractivity contribution < 1.29 is 9.53 Å². The number of carbonyl (C=O) groups is 1. The minimum Gasteiger partial charge on any atom is -0.469 e. The average Bonchev–Trinajstić information content (AvgIpc) is 2.36. The maximum Gasteiger partial charge on any atom is 0.305 e. The van der Waals surface area contributed by atoms with Gasteiger partial charge in [0.15, 0.2) is 5.96 Å². The van der Waals surface area contributed by atoms with Crippen LogP contribution in [0.2, 0.25) is 0 Å². The fourth-order valence-corrected chi connectivity index (χ4v) is 1.58. The first-order valence-corrected chi connectivity index (χ1v) is 7.17. The van der Waals surface area contributed by atoms with E-state index in [9.17, 15) is 4.79 Å². The Morgan fingerprint density at radius 2 is 1.90 bits per heavy atom. The van der Waals surface area contributed by atoms with E-state index in [0.717, 1.165) is 45.2 Å². The third-order valence-electron chi connectivity index (χ3n) is 2.83. The lowest BCUT2D eigenvalue weighted by Crippen LogP contribution is -2.33. The second-order valence-electron chi connectivity index (χ2n) is 5.12. The maximum absolute atomic E-state index is 10.9. The topological polar surface area (TPSA) is 76.7 Å². The van der Waals surface area contributed by atoms with Gasteiger partial charge in [0.25, 0.3) is 0 Å². The van der Waals surface area contributed by atoms with Gasteiger partial charge in [-0.15, -0.1) is 24.0 Å². The van der Waals surface area contributed by atoms with Crippen LogP contribution in [0.4, 0.5) is 0 Å². The third kappa shape index (κ3) is 15.5. The zero-order valence-electron chi connectivity index (χ0n) is 13.0. The Hall–Kier alpha value is -0.530. The predicted octanol–water partition coefficient (Wildman–Crippen LogP) is 2.68. The van der Waals surface area contributed by atoms with Crippen molar-refractivity contribution in [3.63, 3.8) is 0 Å². The van der Waals surface area contributed by atoms with E-state index in [2.05, 4.69) is 28.9 Å². The largest absolute Gasteiger partial charge is 0.469 e. The second-order valence-corrected chi connectivity index (χ2v) is 5.12. The molecule has 0 aliphatic heterocycles. The summed E-state index contributed by atoms with van der Waals surface area (Å²) in [6.45, 7) is 6.00. The van der Waals surface area contributed by atoms with Gasteiger partial charge in [0.2, 0.25) is 0 Å². The number of esters is 1. The highest BCUT2D eigenvalue weighted by atomic mass is 127. The lowest BCUT2D eigenvalue weighted by molar-refractivity contribution is -0.140. The number of hydrogen-bond acceptors (Lipinski definition) is 3. The van der Waals surface area contributed by atoms with E-state index >= 15 is 0 Å². The molecule has 20 heavy (non-hydrogen) atoms. The first-order valence-electron chi connectivity index (χ1n) is 7.17. The highest BCUT2D eigenvalue weighted by Crippen LogP contribution is 2.03. The van der Waals surface area contributed by atoms with Crippen LogP contribution in [0.1, 0.15) is 52.4 Å². The Kier molecular flexibility index (Phi) is 16.2. The van der Waals surface area contributed by atoms with Crippen LogP contribution in [0.3, 0.4) is 0 Å². The van der Waals surface area contributed by atoms with Crippen LogP contribution in [0.5, 0.6) is 0 Å². The number of guanidine groups is 1. The number of aliphatic imine (C=N–C) groups is 1. The van der Waals surface area contributed by atoms with Crippen LogP contribution in [-0.2, 0) is 9.53 Å². The molecule has 0 amide bonds. The Morgan fingerprint density at radius 3 is 2.50 bits per heavy atom. The minimum atomic E-state index is -0.128. The summed E-state index contributed by atoms with van der Waals surface area (Å²) in [4.78, 5) is 15.1. The van der Waals surface area contributed by atoms with Gasteiger partial charge in [0.05, 0.1) is 7.11 Å². The number of nitrogens with one attached hydrogen (secondary N) is 1. The van der Waals surface area contributed by atoms with Gasteiger partial charge in [-0.25, -0.2) is 0 Å². The molecule has 0 aromatic heterocycles. The second kappa shape index (κ2) is 14.9. The van der Waals surface area contributed by atoms with Crippen LogP contribution in [-0.4, -0.2) is 32.1 Å². The summed E-state index contributed by atoms with van der Waals surface area (Å²) in [6, 6.07) is 0. The normalized spacial score (nSPS) is 11.1. The minimum absolute atomic E-state index is 0. The molecule has 0 aliphatic carbocycles. The van der Waals surface area contributed by atoms with Crippen molar-refractivity contribution in [3.05, 3.63) is 0 Å². The SMILES string of the molecule is COC(=O)CCCCCCN=C(N)NCCC(C)C.I. The quantitative estimate of drug-likeness (QED) is 0.195. The predicted molar refractivity (Wildman–Crippen MR) is 94.5 cm³/mol. The molecule has 0 bridgehead atoms. The van der Waals surface area contributed by atoms with E-state index in [-0.39, 0.29) is 29.9 Å². The molecule has 0 heterocycles. The lowest BCUT2D eigenvalue weighted by Gasteiger charge is -2.07. The number of carbonyl (C=O) groups excluding carboxylic acids is 1. The first-order chi connectivity index (χ1) is 9.06. The van der Waals surface area contributed by atoms with Crippen LogP contribution in [0.25, 0.3) is 0 Å². The Balaban J connectivity index is 0. The van der Waals surface area contributed by atoms with Gasteiger partial charge in [-0.05, 0) is 25.2 Å². The first kappa shape index (κ1) is 21.8. The highest BCUT2D eigenvalue weighted by molar-refractivity contribution is 14.0. The summed E-state index contributed by atoms with van der Waals surface area (Å²) in [6.07, 6.45) is 5.61. The summed E-state index contributed by atoms with van der Waals surface area (Å²) in [7, 11) is 1.42. The molecule has 5 nitrogen and oxygen atoms in total. The van der Waals surface area contributed by atoms with Crippen molar-refractivity contribution in [2.24, 2.45) is 16.6 Å². The maximum atomic E-state index is 10.9. The van der Waals surface area contributed by atoms with Crippen LogP contribution < -0.4 is 11.1 Å². The summed E-state index contributed by atoms with van der Waals surface area (Å²) in [5.74, 6) is 1.09. The molecule has 0 aromatic rings. The van der Waals surface area contributed by atoms with Crippen molar-refractivity contribution in [3.8, 4) is 0 Å². The van der Waals surface area contributed by atoms with Crippen LogP contribution in [0, 0.1) is 5.92 Å². The zero-order valence-corrected chi connectivity index (χ0v) is 15.3. The van der Waals surface area contributed by atoms with Crippen LogP contribution in [0.15, 0.2) is 4.99 Å². The number of ether oxygens (including phenoxy) is 1. The van der Waals surface area contributed by atoms with Gasteiger partial charge in [0.1, 0.15) is 0 Å². The zero-order chi connectivity index (χ0) is 14.5. The molecule has 0 aromatic carbocycles. The molecule has 0 unspecified atom stereocenters. The Bertz CT molecular complexity index is 271. The number of halogens is 1. The van der Waals surface area contributed by atoms with Gasteiger partial charge in [-0.2, -0.15) is 0 Å². The molecule has 0 spiro atoms. The Morgan fingerprint density at radius 1 is 1.25 bits per heavy atom. The van der Waals surface area contributed by atoms with Gasteiger partial charge in [-0.1, -0.05) is 26.7 Å². The van der Waals surface area contributed by atoms with E-state index in [1.807, 2.05) is 0 Å². The van der Waals surface area contributed by atoms with Crippen molar-refractivity contribution in [2.75, 3.05) is 20.2 Å². The molecular formula is C14H30IN3O2. The number of unbranched alkanes of at least 4 members (excludes halogenated alkanes) is 3. The van der Waals surface area contributed by atoms with Crippen molar-refractivity contribution in [1.29, 1.82) is 0 Å². The number of methoxy groups -OCH3 is 1. The van der Waals surface area contributed by atoms with E-state index in [1.54, 1.807) is 0 Å². The Labute approximate surface area is 140 Å². The van der Waals surface area contributed by atoms with E-state index in [0.29, 0.717) is 18.3 Å². The van der Waals surface area contributed by atoms with Gasteiger partial charge in [-0.3, -0.25) is 9.79 Å². The average molecular weight is 399 g/mol. The summed E-state index contributed by atoms with van der Waals surface area (Å²) >= 11 is 0. The van der Waals surface area contributed by atoms with Crippen molar-refractivity contribution >= 4 is 35.9 Å². The van der Waals surface area contributed by atoms with Gasteiger partial charge in [0, 0.05) is 19.5 Å². The number of nitrogens with two attached hydrogens (primary N) is 1. The molecule has 0 saturated carbocycles. The van der Waals surface area contributed by atoms with Crippen molar-refractivity contribution in [1.82, 2.24) is 5.32 Å². The standard InChI is InChI=1S/C14H29N3O2.HI/c1-12(2)9-11-17-14(15)16-10-7-5-4-6-8-13(18)19-3;/h12H,4-11H2,1-3H3,(H3,15,16,17);1H. The number of nitrogens with zero attached hydrogens (tertiary/aromatic N) is 1. The fourth-order valence-electron chi connectivity index (χ4n) is 1.58. The monoisotopic (exact) mass is 399 g/mol. The molecule has 0 aliphatic rings. The molecule has 0 fully saturated rings. The number of rotatable bonds is 10. The summed E-state index contributed by atoms with van der Waals surface area (Å²) < 4.78 is 4.58. The molecule has 0 rings (SSSR count). The molecule has 0 atom stereocenters. The van der Waals surface area contributed by atoms with Gasteiger partial charge < -0.3 is 15.8 Å². The highest BCUT2D eigenvalue weighted by Gasteiger charge is 1.99.